The van der Waals surface area contributed by atoms with E-state index in [0.29, 0.717) is 17.8 Å². The molecule has 0 bridgehead atoms. The number of hydrogen-bond donors (Lipinski definition) is 1. The second-order valence-corrected chi connectivity index (χ2v) is 7.42. The number of pyridine rings is 1. The highest BCUT2D eigenvalue weighted by atomic mass is 19.1. The molecule has 30 heavy (non-hydrogen) atoms. The quantitative estimate of drug-likeness (QED) is 0.684. The Kier molecular flexibility index (Phi) is 6.35. The van der Waals surface area contributed by atoms with Crippen molar-refractivity contribution < 1.29 is 9.18 Å². The number of nitrogens with zero attached hydrogens (tertiary/aromatic N) is 3. The molecular weight excluding hydrogens is 379 g/mol. The molecule has 5 nitrogen and oxygen atoms in total. The number of aromatic nitrogens is 1. The summed E-state index contributed by atoms with van der Waals surface area (Å²) < 4.78 is 14.0. The summed E-state index contributed by atoms with van der Waals surface area (Å²) in [6.45, 7) is 4.44. The van der Waals surface area contributed by atoms with Crippen LogP contribution in [0.5, 0.6) is 0 Å². The number of hydrogen-bond acceptors (Lipinski definition) is 4. The fraction of sp³-hybridized carbons (Fsp3) is 0.250. The average molecular weight is 404 g/mol. The molecule has 6 heteroatoms. The molecule has 1 aromatic heterocycles. The predicted molar refractivity (Wildman–Crippen MR) is 116 cm³/mol. The van der Waals surface area contributed by atoms with Gasteiger partial charge in [-0.2, -0.15) is 0 Å². The lowest BCUT2D eigenvalue weighted by molar-refractivity contribution is 0.0950. The van der Waals surface area contributed by atoms with Gasteiger partial charge in [-0.1, -0.05) is 30.3 Å². The van der Waals surface area contributed by atoms with E-state index in [9.17, 15) is 9.18 Å². The molecule has 2 heterocycles. The van der Waals surface area contributed by atoms with Crippen LogP contribution in [-0.2, 0) is 13.1 Å². The fourth-order valence-corrected chi connectivity index (χ4v) is 3.70. The van der Waals surface area contributed by atoms with Crippen LogP contribution in [0.2, 0.25) is 0 Å². The summed E-state index contributed by atoms with van der Waals surface area (Å²) in [5.74, 6) is -0.276. The monoisotopic (exact) mass is 404 g/mol. The molecule has 0 atom stereocenters. The van der Waals surface area contributed by atoms with Crippen molar-refractivity contribution in [1.82, 2.24) is 15.2 Å². The summed E-state index contributed by atoms with van der Waals surface area (Å²) in [6.07, 6.45) is 1.72. The summed E-state index contributed by atoms with van der Waals surface area (Å²) >= 11 is 0. The number of piperazine rings is 1. The minimum Gasteiger partial charge on any atom is -0.367 e. The van der Waals surface area contributed by atoms with Gasteiger partial charge >= 0.3 is 0 Å². The number of nitrogens with one attached hydrogen (secondary N) is 1. The standard InChI is InChI=1S/C24H25FN4O/c25-22-9-1-2-10-23(22)29-14-12-28(13-15-29)18-19-6-5-7-20(16-19)24(30)27-17-21-8-3-4-11-26-21/h1-11,16H,12-15,17-18H2,(H,27,30). The van der Waals surface area contributed by atoms with E-state index in [1.165, 1.54) is 6.07 Å². The molecule has 1 aliphatic heterocycles. The first-order chi connectivity index (χ1) is 14.7. The first-order valence-electron chi connectivity index (χ1n) is 10.2. The van der Waals surface area contributed by atoms with Crippen LogP contribution in [0.3, 0.4) is 0 Å². The molecule has 1 fully saturated rings. The molecule has 3 aromatic rings. The molecule has 0 radical (unpaired) electrons. The molecule has 1 amide bonds. The van der Waals surface area contributed by atoms with Crippen molar-refractivity contribution >= 4 is 11.6 Å². The van der Waals surface area contributed by atoms with Gasteiger partial charge in [0.1, 0.15) is 5.82 Å². The second kappa shape index (κ2) is 9.50. The first kappa shape index (κ1) is 20.0. The van der Waals surface area contributed by atoms with Crippen LogP contribution in [0, 0.1) is 5.82 Å². The van der Waals surface area contributed by atoms with Gasteiger partial charge in [-0.15, -0.1) is 0 Å². The number of carbonyl (C=O) groups is 1. The topological polar surface area (TPSA) is 48.5 Å². The zero-order valence-electron chi connectivity index (χ0n) is 16.8. The molecule has 154 valence electrons. The molecule has 0 saturated carbocycles. The van der Waals surface area contributed by atoms with Gasteiger partial charge in [0.2, 0.25) is 0 Å². The Morgan fingerprint density at radius 3 is 2.53 bits per heavy atom. The summed E-state index contributed by atoms with van der Waals surface area (Å²) in [4.78, 5) is 21.1. The van der Waals surface area contributed by atoms with E-state index in [1.54, 1.807) is 12.3 Å². The van der Waals surface area contributed by atoms with Crippen LogP contribution in [-0.4, -0.2) is 42.0 Å². The Morgan fingerprint density at radius 2 is 1.77 bits per heavy atom. The minimum absolute atomic E-state index is 0.105. The maximum absolute atomic E-state index is 14.0. The second-order valence-electron chi connectivity index (χ2n) is 7.42. The highest BCUT2D eigenvalue weighted by molar-refractivity contribution is 5.94. The largest absolute Gasteiger partial charge is 0.367 e. The molecule has 0 aliphatic carbocycles. The molecule has 1 saturated heterocycles. The lowest BCUT2D eigenvalue weighted by Crippen LogP contribution is -2.46. The number of halogens is 1. The van der Waals surface area contributed by atoms with Gasteiger partial charge in [0, 0.05) is 44.5 Å². The number of rotatable bonds is 6. The summed E-state index contributed by atoms with van der Waals surface area (Å²) in [5, 5.41) is 2.92. The maximum atomic E-state index is 14.0. The van der Waals surface area contributed by atoms with E-state index < -0.39 is 0 Å². The molecule has 1 N–H and O–H groups in total. The first-order valence-corrected chi connectivity index (χ1v) is 10.2. The Balaban J connectivity index is 1.31. The van der Waals surface area contributed by atoms with Gasteiger partial charge in [-0.25, -0.2) is 4.39 Å². The van der Waals surface area contributed by atoms with Gasteiger partial charge < -0.3 is 10.2 Å². The van der Waals surface area contributed by atoms with Crippen molar-refractivity contribution in [3.05, 3.63) is 95.6 Å². The Bertz CT molecular complexity index is 987. The minimum atomic E-state index is -0.171. The van der Waals surface area contributed by atoms with E-state index in [1.807, 2.05) is 54.6 Å². The smallest absolute Gasteiger partial charge is 0.251 e. The maximum Gasteiger partial charge on any atom is 0.251 e. The van der Waals surface area contributed by atoms with Crippen LogP contribution in [0.25, 0.3) is 0 Å². The van der Waals surface area contributed by atoms with E-state index in [-0.39, 0.29) is 11.7 Å². The highest BCUT2D eigenvalue weighted by Crippen LogP contribution is 2.21. The van der Waals surface area contributed by atoms with Gasteiger partial charge in [0.15, 0.2) is 0 Å². The molecule has 4 rings (SSSR count). The number of amides is 1. The number of para-hydroxylation sites is 1. The van der Waals surface area contributed by atoms with E-state index in [4.69, 9.17) is 0 Å². The van der Waals surface area contributed by atoms with Crippen LogP contribution in [0.15, 0.2) is 72.9 Å². The van der Waals surface area contributed by atoms with Crippen LogP contribution >= 0.6 is 0 Å². The van der Waals surface area contributed by atoms with Crippen molar-refractivity contribution in [2.45, 2.75) is 13.1 Å². The molecule has 2 aromatic carbocycles. The lowest BCUT2D eigenvalue weighted by atomic mass is 10.1. The lowest BCUT2D eigenvalue weighted by Gasteiger charge is -2.36. The van der Waals surface area contributed by atoms with Crippen LogP contribution in [0.4, 0.5) is 10.1 Å². The van der Waals surface area contributed by atoms with Crippen molar-refractivity contribution in [2.75, 3.05) is 31.1 Å². The van der Waals surface area contributed by atoms with Gasteiger partial charge in [0.25, 0.3) is 5.91 Å². The van der Waals surface area contributed by atoms with Gasteiger partial charge in [0.05, 0.1) is 17.9 Å². The third kappa shape index (κ3) is 5.02. The van der Waals surface area contributed by atoms with E-state index in [2.05, 4.69) is 20.1 Å². The summed E-state index contributed by atoms with van der Waals surface area (Å²) in [5.41, 5.74) is 3.24. The van der Waals surface area contributed by atoms with Crippen LogP contribution in [0.1, 0.15) is 21.6 Å². The molecular formula is C24H25FN4O. The van der Waals surface area contributed by atoms with E-state index >= 15 is 0 Å². The third-order valence-corrected chi connectivity index (χ3v) is 5.32. The van der Waals surface area contributed by atoms with Gasteiger partial charge in [-0.3, -0.25) is 14.7 Å². The zero-order valence-corrected chi connectivity index (χ0v) is 16.8. The third-order valence-electron chi connectivity index (χ3n) is 5.32. The SMILES string of the molecule is O=C(NCc1ccccn1)c1cccc(CN2CCN(c3ccccc3F)CC2)c1. The normalized spacial score (nSPS) is 14.5. The highest BCUT2D eigenvalue weighted by Gasteiger charge is 2.19. The number of anilines is 1. The van der Waals surface area contributed by atoms with Crippen molar-refractivity contribution in [1.29, 1.82) is 0 Å². The average Bonchev–Trinajstić information content (AvgIpc) is 2.79. The predicted octanol–water partition coefficient (Wildman–Crippen LogP) is 3.47. The van der Waals surface area contributed by atoms with Crippen molar-refractivity contribution in [3.8, 4) is 0 Å². The van der Waals surface area contributed by atoms with Crippen LogP contribution < -0.4 is 10.2 Å². The van der Waals surface area contributed by atoms with Crippen molar-refractivity contribution in [3.63, 3.8) is 0 Å². The fourth-order valence-electron chi connectivity index (χ4n) is 3.70. The summed E-state index contributed by atoms with van der Waals surface area (Å²) in [6, 6.07) is 20.3. The molecule has 0 unspecified atom stereocenters. The van der Waals surface area contributed by atoms with E-state index in [0.717, 1.165) is 44.0 Å². The number of benzene rings is 2. The summed E-state index contributed by atoms with van der Waals surface area (Å²) in [7, 11) is 0. The Hall–Kier alpha value is -3.25. The number of carbonyl (C=O) groups excluding carboxylic acids is 1. The Labute approximate surface area is 176 Å². The molecule has 0 spiro atoms. The van der Waals surface area contributed by atoms with Gasteiger partial charge in [-0.05, 0) is 42.0 Å². The zero-order chi connectivity index (χ0) is 20.8. The molecule has 1 aliphatic rings. The van der Waals surface area contributed by atoms with Crippen molar-refractivity contribution in [2.24, 2.45) is 0 Å². The Morgan fingerprint density at radius 1 is 0.967 bits per heavy atom.